The van der Waals surface area contributed by atoms with Gasteiger partial charge in [-0.3, -0.25) is 4.79 Å². The van der Waals surface area contributed by atoms with Crippen LogP contribution in [0.3, 0.4) is 0 Å². The molecule has 1 aromatic carbocycles. The number of carbonyl (C=O) groups is 1. The summed E-state index contributed by atoms with van der Waals surface area (Å²) in [6.07, 6.45) is 1.83. The number of nitrogens with one attached hydrogen (secondary N) is 1. The lowest BCUT2D eigenvalue weighted by atomic mass is 10.1. The summed E-state index contributed by atoms with van der Waals surface area (Å²) in [5.74, 6) is 0.0853. The van der Waals surface area contributed by atoms with E-state index in [0.717, 1.165) is 24.0 Å². The van der Waals surface area contributed by atoms with Gasteiger partial charge >= 0.3 is 0 Å². The predicted octanol–water partition coefficient (Wildman–Crippen LogP) is 1.19. The Labute approximate surface area is 108 Å². The summed E-state index contributed by atoms with van der Waals surface area (Å²) in [7, 11) is 1.67. The van der Waals surface area contributed by atoms with E-state index in [4.69, 9.17) is 10.5 Å². The van der Waals surface area contributed by atoms with Crippen LogP contribution < -0.4 is 11.1 Å². The molecule has 1 aliphatic rings. The molecule has 2 rings (SSSR count). The first-order valence-electron chi connectivity index (χ1n) is 6.25. The van der Waals surface area contributed by atoms with Crippen LogP contribution in [0.2, 0.25) is 0 Å². The van der Waals surface area contributed by atoms with Gasteiger partial charge in [0.25, 0.3) is 0 Å². The number of rotatable bonds is 6. The molecule has 1 amide bonds. The zero-order chi connectivity index (χ0) is 13.0. The third-order valence-corrected chi connectivity index (χ3v) is 3.48. The van der Waals surface area contributed by atoms with Crippen molar-refractivity contribution in [1.29, 1.82) is 0 Å². The van der Waals surface area contributed by atoms with Gasteiger partial charge in [-0.2, -0.15) is 0 Å². The monoisotopic (exact) mass is 248 g/mol. The fraction of sp³-hybridized carbons (Fsp3) is 0.500. The molecule has 1 aromatic rings. The second-order valence-electron chi connectivity index (χ2n) is 4.92. The van der Waals surface area contributed by atoms with Crippen molar-refractivity contribution in [3.63, 3.8) is 0 Å². The van der Waals surface area contributed by atoms with E-state index >= 15 is 0 Å². The summed E-state index contributed by atoms with van der Waals surface area (Å²) in [4.78, 5) is 11.9. The van der Waals surface area contributed by atoms with Gasteiger partial charge in [0.1, 0.15) is 0 Å². The Morgan fingerprint density at radius 2 is 2.17 bits per heavy atom. The van der Waals surface area contributed by atoms with E-state index in [1.54, 1.807) is 7.11 Å². The van der Waals surface area contributed by atoms with E-state index in [0.29, 0.717) is 19.7 Å². The Morgan fingerprint density at radius 1 is 1.44 bits per heavy atom. The van der Waals surface area contributed by atoms with Crippen LogP contribution in [-0.2, 0) is 22.7 Å². The van der Waals surface area contributed by atoms with Gasteiger partial charge in [-0.15, -0.1) is 0 Å². The molecule has 0 spiro atoms. The van der Waals surface area contributed by atoms with E-state index in [1.807, 2.05) is 24.3 Å². The van der Waals surface area contributed by atoms with Gasteiger partial charge in [-0.25, -0.2) is 0 Å². The number of hydrogen-bond acceptors (Lipinski definition) is 3. The van der Waals surface area contributed by atoms with Crippen molar-refractivity contribution in [2.45, 2.75) is 26.0 Å². The number of hydrogen-bond donors (Lipinski definition) is 2. The van der Waals surface area contributed by atoms with Crippen molar-refractivity contribution in [3.8, 4) is 0 Å². The van der Waals surface area contributed by atoms with Crippen LogP contribution in [-0.4, -0.2) is 19.6 Å². The van der Waals surface area contributed by atoms with Gasteiger partial charge in [0.15, 0.2) is 0 Å². The molecule has 4 heteroatoms. The van der Waals surface area contributed by atoms with Crippen molar-refractivity contribution < 1.29 is 9.53 Å². The minimum absolute atomic E-state index is 0.0853. The fourth-order valence-corrected chi connectivity index (χ4v) is 2.04. The minimum atomic E-state index is -0.274. The van der Waals surface area contributed by atoms with Crippen LogP contribution in [0.4, 0.5) is 0 Å². The predicted molar refractivity (Wildman–Crippen MR) is 69.7 cm³/mol. The van der Waals surface area contributed by atoms with Crippen molar-refractivity contribution in [2.24, 2.45) is 11.1 Å². The van der Waals surface area contributed by atoms with Crippen molar-refractivity contribution in [2.75, 3.05) is 13.7 Å². The fourth-order valence-electron chi connectivity index (χ4n) is 2.04. The summed E-state index contributed by atoms with van der Waals surface area (Å²) < 4.78 is 5.09. The quantitative estimate of drug-likeness (QED) is 0.794. The molecule has 3 N–H and O–H groups in total. The third kappa shape index (κ3) is 2.89. The molecular formula is C14H20N2O2. The summed E-state index contributed by atoms with van der Waals surface area (Å²) >= 11 is 0. The second kappa shape index (κ2) is 5.50. The van der Waals surface area contributed by atoms with Crippen molar-refractivity contribution in [1.82, 2.24) is 5.32 Å². The number of methoxy groups -OCH3 is 1. The molecule has 18 heavy (non-hydrogen) atoms. The van der Waals surface area contributed by atoms with E-state index in [1.165, 1.54) is 0 Å². The molecule has 4 nitrogen and oxygen atoms in total. The lowest BCUT2D eigenvalue weighted by molar-refractivity contribution is -0.126. The molecule has 0 saturated heterocycles. The van der Waals surface area contributed by atoms with E-state index < -0.39 is 0 Å². The SMILES string of the molecule is COCc1cccc(CNC(=O)C2(CN)CC2)c1. The zero-order valence-corrected chi connectivity index (χ0v) is 10.7. The van der Waals surface area contributed by atoms with Crippen LogP contribution in [0.15, 0.2) is 24.3 Å². The molecule has 0 unspecified atom stereocenters. The Morgan fingerprint density at radius 3 is 2.78 bits per heavy atom. The number of carbonyl (C=O) groups excluding carboxylic acids is 1. The van der Waals surface area contributed by atoms with Gasteiger partial charge in [0.2, 0.25) is 5.91 Å². The molecule has 0 bridgehead atoms. The average molecular weight is 248 g/mol. The van der Waals surface area contributed by atoms with E-state index in [-0.39, 0.29) is 11.3 Å². The Bertz CT molecular complexity index is 428. The number of amides is 1. The largest absolute Gasteiger partial charge is 0.380 e. The normalized spacial score (nSPS) is 16.3. The van der Waals surface area contributed by atoms with Gasteiger partial charge in [-0.1, -0.05) is 24.3 Å². The Kier molecular flexibility index (Phi) is 3.99. The Balaban J connectivity index is 1.90. The zero-order valence-electron chi connectivity index (χ0n) is 10.7. The van der Waals surface area contributed by atoms with Crippen LogP contribution >= 0.6 is 0 Å². The standard InChI is InChI=1S/C14H20N2O2/c1-18-9-12-4-2-3-11(7-12)8-16-13(17)14(10-15)5-6-14/h2-4,7H,5-6,8-10,15H2,1H3,(H,16,17). The molecule has 0 aromatic heterocycles. The van der Waals surface area contributed by atoms with Gasteiger partial charge in [0, 0.05) is 20.2 Å². The maximum atomic E-state index is 11.9. The number of ether oxygens (including phenoxy) is 1. The maximum Gasteiger partial charge on any atom is 0.227 e. The summed E-state index contributed by atoms with van der Waals surface area (Å²) in [5, 5.41) is 2.96. The molecule has 1 fully saturated rings. The first kappa shape index (κ1) is 13.1. The Hall–Kier alpha value is -1.39. The minimum Gasteiger partial charge on any atom is -0.380 e. The lowest BCUT2D eigenvalue weighted by Crippen LogP contribution is -2.36. The highest BCUT2D eigenvalue weighted by Crippen LogP contribution is 2.44. The van der Waals surface area contributed by atoms with Gasteiger partial charge < -0.3 is 15.8 Å². The highest BCUT2D eigenvalue weighted by Gasteiger charge is 2.48. The first-order chi connectivity index (χ1) is 8.70. The number of nitrogens with two attached hydrogens (primary N) is 1. The first-order valence-corrected chi connectivity index (χ1v) is 6.25. The summed E-state index contributed by atoms with van der Waals surface area (Å²) in [6.45, 7) is 1.59. The maximum absolute atomic E-state index is 11.9. The topological polar surface area (TPSA) is 64.3 Å². The lowest BCUT2D eigenvalue weighted by Gasteiger charge is -2.13. The van der Waals surface area contributed by atoms with Gasteiger partial charge in [-0.05, 0) is 24.0 Å². The van der Waals surface area contributed by atoms with Gasteiger partial charge in [0.05, 0.1) is 12.0 Å². The van der Waals surface area contributed by atoms with Crippen LogP contribution in [0.25, 0.3) is 0 Å². The molecule has 1 saturated carbocycles. The molecule has 0 atom stereocenters. The molecule has 1 aliphatic carbocycles. The van der Waals surface area contributed by atoms with Crippen LogP contribution in [0.1, 0.15) is 24.0 Å². The van der Waals surface area contributed by atoms with Crippen LogP contribution in [0, 0.1) is 5.41 Å². The summed E-state index contributed by atoms with van der Waals surface area (Å²) in [6, 6.07) is 8.04. The number of benzene rings is 1. The molecule has 0 heterocycles. The molecule has 0 radical (unpaired) electrons. The van der Waals surface area contributed by atoms with Crippen molar-refractivity contribution in [3.05, 3.63) is 35.4 Å². The smallest absolute Gasteiger partial charge is 0.227 e. The molecule has 0 aliphatic heterocycles. The summed E-state index contributed by atoms with van der Waals surface area (Å²) in [5.41, 5.74) is 7.55. The molecule has 98 valence electrons. The van der Waals surface area contributed by atoms with E-state index in [9.17, 15) is 4.79 Å². The highest BCUT2D eigenvalue weighted by atomic mass is 16.5. The highest BCUT2D eigenvalue weighted by molar-refractivity contribution is 5.85. The third-order valence-electron chi connectivity index (χ3n) is 3.48. The molecular weight excluding hydrogens is 228 g/mol. The van der Waals surface area contributed by atoms with E-state index in [2.05, 4.69) is 5.32 Å². The van der Waals surface area contributed by atoms with Crippen LogP contribution in [0.5, 0.6) is 0 Å². The average Bonchev–Trinajstić information content (AvgIpc) is 3.18. The van der Waals surface area contributed by atoms with Crippen molar-refractivity contribution >= 4 is 5.91 Å². The second-order valence-corrected chi connectivity index (χ2v) is 4.92.